The summed E-state index contributed by atoms with van der Waals surface area (Å²) in [5, 5.41) is 3.02. The summed E-state index contributed by atoms with van der Waals surface area (Å²) in [6, 6.07) is 0.413. The van der Waals surface area contributed by atoms with Gasteiger partial charge in [-0.25, -0.2) is 4.79 Å². The van der Waals surface area contributed by atoms with E-state index in [1.807, 2.05) is 7.05 Å². The molecule has 3 aliphatic carbocycles. The molecule has 4 rings (SSSR count). The lowest BCUT2D eigenvalue weighted by molar-refractivity contribution is -0.159. The summed E-state index contributed by atoms with van der Waals surface area (Å²) in [7, 11) is 2.04. The van der Waals surface area contributed by atoms with E-state index < -0.39 is 0 Å². The molecule has 0 unspecified atom stereocenters. The van der Waals surface area contributed by atoms with Crippen LogP contribution in [0.1, 0.15) is 118 Å². The lowest BCUT2D eigenvalue weighted by Crippen LogP contribution is -2.61. The van der Waals surface area contributed by atoms with Crippen molar-refractivity contribution in [1.29, 1.82) is 0 Å². The molecule has 0 aromatic carbocycles. The molecule has 0 radical (unpaired) electrons. The first-order valence-electron chi connectivity index (χ1n) is 15.3. The Morgan fingerprint density at radius 2 is 1.78 bits per heavy atom. The summed E-state index contributed by atoms with van der Waals surface area (Å²) >= 11 is 0. The number of hydrogen-bond acceptors (Lipinski definition) is 3. The van der Waals surface area contributed by atoms with Crippen LogP contribution in [0.4, 0.5) is 4.79 Å². The normalized spacial score (nSPS) is 40.7. The van der Waals surface area contributed by atoms with E-state index in [1.165, 1.54) is 57.8 Å². The van der Waals surface area contributed by atoms with Crippen LogP contribution in [-0.2, 0) is 9.53 Å². The fraction of sp³-hybridized carbons (Fsp3) is 0.935. The van der Waals surface area contributed by atoms with E-state index in [1.54, 1.807) is 0 Å². The van der Waals surface area contributed by atoms with Crippen molar-refractivity contribution < 1.29 is 14.3 Å². The van der Waals surface area contributed by atoms with Crippen LogP contribution in [-0.4, -0.2) is 42.6 Å². The number of piperidine rings is 1. The van der Waals surface area contributed by atoms with Crippen molar-refractivity contribution >= 4 is 12.0 Å². The molecule has 1 aliphatic heterocycles. The second kappa shape index (κ2) is 11.2. The molecule has 5 nitrogen and oxygen atoms in total. The molecular weight excluding hydrogens is 448 g/mol. The van der Waals surface area contributed by atoms with E-state index in [-0.39, 0.29) is 23.0 Å². The van der Waals surface area contributed by atoms with Crippen LogP contribution in [0, 0.1) is 40.4 Å². The van der Waals surface area contributed by atoms with Gasteiger partial charge in [0, 0.05) is 32.0 Å². The van der Waals surface area contributed by atoms with E-state index in [4.69, 9.17) is 4.74 Å². The number of amides is 2. The SMILES string of the molecule is CCCCCCCCNC(=O)O[C@H](C)[C@H]1[C@@H](C)C[C@H]2[C@@H]3CC[C@H]4N(C)C(=O)CC[C@]4(C)[C@H]3CC[C@]12C. The minimum absolute atomic E-state index is 0.0542. The van der Waals surface area contributed by atoms with Crippen LogP contribution < -0.4 is 5.32 Å². The van der Waals surface area contributed by atoms with Crippen LogP contribution in [0.5, 0.6) is 0 Å². The van der Waals surface area contributed by atoms with Gasteiger partial charge in [0.15, 0.2) is 0 Å². The Bertz CT molecular complexity index is 786. The number of alkyl carbamates (subject to hydrolysis) is 1. The van der Waals surface area contributed by atoms with E-state index in [9.17, 15) is 9.59 Å². The molecule has 1 saturated heterocycles. The first-order valence-corrected chi connectivity index (χ1v) is 15.3. The molecule has 2 amide bonds. The molecule has 1 N–H and O–H groups in total. The van der Waals surface area contributed by atoms with Crippen LogP contribution in [0.2, 0.25) is 0 Å². The molecule has 0 spiro atoms. The summed E-state index contributed by atoms with van der Waals surface area (Å²) in [6.45, 7) is 12.5. The highest BCUT2D eigenvalue weighted by atomic mass is 16.6. The van der Waals surface area contributed by atoms with Gasteiger partial charge in [0.1, 0.15) is 6.10 Å². The quantitative estimate of drug-likeness (QED) is 0.340. The molecular formula is C31H54N2O3. The lowest BCUT2D eigenvalue weighted by atomic mass is 9.46. The Kier molecular flexibility index (Phi) is 8.66. The van der Waals surface area contributed by atoms with Gasteiger partial charge in [-0.05, 0) is 86.4 Å². The maximum atomic E-state index is 12.6. The molecule has 4 fully saturated rings. The molecule has 0 aromatic heterocycles. The number of hydrogen-bond donors (Lipinski definition) is 1. The Morgan fingerprint density at radius 1 is 1.06 bits per heavy atom. The summed E-state index contributed by atoms with van der Waals surface area (Å²) in [5.41, 5.74) is 0.492. The Morgan fingerprint density at radius 3 is 2.53 bits per heavy atom. The zero-order chi connectivity index (χ0) is 26.1. The predicted octanol–water partition coefficient (Wildman–Crippen LogP) is 7.19. The van der Waals surface area contributed by atoms with Gasteiger partial charge in [-0.3, -0.25) is 4.79 Å². The average Bonchev–Trinajstić information content (AvgIpc) is 3.11. The number of nitrogens with zero attached hydrogens (tertiary/aromatic N) is 1. The summed E-state index contributed by atoms with van der Waals surface area (Å²) in [4.78, 5) is 27.2. The Balaban J connectivity index is 1.35. The van der Waals surface area contributed by atoms with Crippen LogP contribution in [0.15, 0.2) is 0 Å². The first kappa shape index (κ1) is 27.8. The molecule has 5 heteroatoms. The molecule has 4 aliphatic rings. The minimum atomic E-state index is -0.230. The minimum Gasteiger partial charge on any atom is -0.446 e. The fourth-order valence-corrected chi connectivity index (χ4v) is 9.93. The number of rotatable bonds is 9. The molecule has 206 valence electrons. The number of nitrogens with one attached hydrogen (secondary N) is 1. The summed E-state index contributed by atoms with van der Waals surface area (Å²) < 4.78 is 6.04. The smallest absolute Gasteiger partial charge is 0.407 e. The van der Waals surface area contributed by atoms with Crippen LogP contribution >= 0.6 is 0 Å². The highest BCUT2D eigenvalue weighted by Gasteiger charge is 2.63. The molecule has 3 saturated carbocycles. The van der Waals surface area contributed by atoms with Gasteiger partial charge in [0.25, 0.3) is 0 Å². The van der Waals surface area contributed by atoms with Crippen molar-refractivity contribution in [3.63, 3.8) is 0 Å². The third-order valence-electron chi connectivity index (χ3n) is 11.6. The van der Waals surface area contributed by atoms with Gasteiger partial charge in [0.05, 0.1) is 0 Å². The standard InChI is InChI=1S/C31H54N2O3/c1-7-8-9-10-11-12-19-32-29(35)36-22(3)28-21(2)20-25-23-13-14-26-30(4,18-16-27(34)33(26)6)24(23)15-17-31(25,28)5/h21-26,28H,7-20H2,1-6H3,(H,32,35)/t21-,22+,23+,24-,25-,26+,28+,30+,31-/m0/s1. The largest absolute Gasteiger partial charge is 0.446 e. The maximum Gasteiger partial charge on any atom is 0.407 e. The topological polar surface area (TPSA) is 58.6 Å². The van der Waals surface area contributed by atoms with E-state index >= 15 is 0 Å². The zero-order valence-corrected chi connectivity index (χ0v) is 24.1. The highest BCUT2D eigenvalue weighted by molar-refractivity contribution is 5.77. The van der Waals surface area contributed by atoms with Gasteiger partial charge >= 0.3 is 6.09 Å². The number of likely N-dealkylation sites (tertiary alicyclic amines) is 1. The van der Waals surface area contributed by atoms with E-state index in [0.717, 1.165) is 31.7 Å². The van der Waals surface area contributed by atoms with Crippen molar-refractivity contribution in [1.82, 2.24) is 10.2 Å². The van der Waals surface area contributed by atoms with E-state index in [0.29, 0.717) is 42.0 Å². The van der Waals surface area contributed by atoms with Crippen LogP contribution in [0.3, 0.4) is 0 Å². The molecule has 0 aromatic rings. The second-order valence-electron chi connectivity index (χ2n) is 13.6. The summed E-state index contributed by atoms with van der Waals surface area (Å²) in [6.07, 6.45) is 15.0. The fourth-order valence-electron chi connectivity index (χ4n) is 9.93. The predicted molar refractivity (Wildman–Crippen MR) is 146 cm³/mol. The maximum absolute atomic E-state index is 12.6. The summed E-state index contributed by atoms with van der Waals surface area (Å²) in [5.74, 6) is 3.49. The second-order valence-corrected chi connectivity index (χ2v) is 13.6. The van der Waals surface area contributed by atoms with Gasteiger partial charge in [-0.2, -0.15) is 0 Å². The van der Waals surface area contributed by atoms with Gasteiger partial charge < -0.3 is 15.0 Å². The zero-order valence-electron chi connectivity index (χ0n) is 24.1. The number of carbonyl (C=O) groups excluding carboxylic acids is 2. The first-order chi connectivity index (χ1) is 17.1. The Labute approximate surface area is 220 Å². The van der Waals surface area contributed by atoms with Gasteiger partial charge in [0.2, 0.25) is 5.91 Å². The van der Waals surface area contributed by atoms with E-state index in [2.05, 4.69) is 44.8 Å². The van der Waals surface area contributed by atoms with Gasteiger partial charge in [-0.15, -0.1) is 0 Å². The van der Waals surface area contributed by atoms with Crippen molar-refractivity contribution in [2.75, 3.05) is 13.6 Å². The van der Waals surface area contributed by atoms with Crippen LogP contribution in [0.25, 0.3) is 0 Å². The lowest BCUT2D eigenvalue weighted by Gasteiger charge is -2.62. The molecule has 0 bridgehead atoms. The van der Waals surface area contributed by atoms with Crippen molar-refractivity contribution in [3.8, 4) is 0 Å². The van der Waals surface area contributed by atoms with Crippen molar-refractivity contribution in [2.45, 2.75) is 130 Å². The molecule has 36 heavy (non-hydrogen) atoms. The number of carbonyl (C=O) groups is 2. The third kappa shape index (κ3) is 5.06. The number of unbranched alkanes of at least 4 members (excludes halogenated alkanes) is 5. The number of ether oxygens (including phenoxy) is 1. The third-order valence-corrected chi connectivity index (χ3v) is 11.6. The molecule has 9 atom stereocenters. The Hall–Kier alpha value is -1.26. The average molecular weight is 503 g/mol. The molecule has 1 heterocycles. The highest BCUT2D eigenvalue weighted by Crippen LogP contribution is 2.67. The monoisotopic (exact) mass is 502 g/mol. The van der Waals surface area contributed by atoms with Gasteiger partial charge in [-0.1, -0.05) is 59.8 Å². The van der Waals surface area contributed by atoms with Crippen molar-refractivity contribution in [2.24, 2.45) is 40.4 Å². The van der Waals surface area contributed by atoms with Crippen molar-refractivity contribution in [3.05, 3.63) is 0 Å². The number of fused-ring (bicyclic) bond motifs is 5.